The smallest absolute Gasteiger partial charge is 0.138 e. The first kappa shape index (κ1) is 10.7. The number of nitrogens with one attached hydrogen (secondary N) is 1. The average Bonchev–Trinajstić information content (AvgIpc) is 2.73. The van der Waals surface area contributed by atoms with Crippen molar-refractivity contribution in [1.82, 2.24) is 9.97 Å². The summed E-state index contributed by atoms with van der Waals surface area (Å²) in [5.74, 6) is 0.662. The second-order valence-electron chi connectivity index (χ2n) is 4.29. The van der Waals surface area contributed by atoms with Gasteiger partial charge in [0.25, 0.3) is 0 Å². The lowest BCUT2D eigenvalue weighted by Crippen LogP contribution is -1.80. The summed E-state index contributed by atoms with van der Waals surface area (Å²) in [5.41, 5.74) is 3.57. The summed E-state index contributed by atoms with van der Waals surface area (Å²) >= 11 is 0. The molecule has 90 valence electrons. The molecule has 4 heteroatoms. The summed E-state index contributed by atoms with van der Waals surface area (Å²) in [6, 6.07) is 10.3. The largest absolute Gasteiger partial charge is 0.508 e. The molecule has 0 radical (unpaired) electrons. The molecule has 0 bridgehead atoms. The van der Waals surface area contributed by atoms with Gasteiger partial charge in [-0.05, 0) is 30.7 Å². The Morgan fingerprint density at radius 1 is 1.06 bits per heavy atom. The fraction of sp³-hybridized carbons (Fsp3) is 0.0714. The van der Waals surface area contributed by atoms with Crippen LogP contribution in [0.1, 0.15) is 5.56 Å². The van der Waals surface area contributed by atoms with Gasteiger partial charge in [0.1, 0.15) is 17.3 Å². The molecule has 0 aliphatic rings. The standard InChI is InChI=1S/C14H12N2O2/c1-8-3-2-4-12-13(8)16-14(15-12)9-5-10(17)7-11(18)6-9/h2-7,17-18H,1H3,(H,15,16). The lowest BCUT2D eigenvalue weighted by atomic mass is 10.2. The molecular formula is C14H12N2O2. The molecular weight excluding hydrogens is 228 g/mol. The number of benzene rings is 2. The molecule has 0 saturated carbocycles. The van der Waals surface area contributed by atoms with Gasteiger partial charge in [-0.1, -0.05) is 12.1 Å². The zero-order valence-electron chi connectivity index (χ0n) is 9.81. The van der Waals surface area contributed by atoms with Gasteiger partial charge in [0.05, 0.1) is 11.0 Å². The minimum absolute atomic E-state index is 0.0159. The van der Waals surface area contributed by atoms with Crippen molar-refractivity contribution in [2.45, 2.75) is 6.92 Å². The number of aromatic hydroxyl groups is 2. The predicted octanol–water partition coefficient (Wildman–Crippen LogP) is 2.95. The van der Waals surface area contributed by atoms with Gasteiger partial charge >= 0.3 is 0 Å². The van der Waals surface area contributed by atoms with Crippen molar-refractivity contribution in [3.8, 4) is 22.9 Å². The third-order valence-electron chi connectivity index (χ3n) is 2.89. The molecule has 3 N–H and O–H groups in total. The van der Waals surface area contributed by atoms with E-state index in [-0.39, 0.29) is 11.5 Å². The summed E-state index contributed by atoms with van der Waals surface area (Å²) < 4.78 is 0. The zero-order valence-corrected chi connectivity index (χ0v) is 9.81. The van der Waals surface area contributed by atoms with Crippen LogP contribution in [0.3, 0.4) is 0 Å². The molecule has 3 aromatic rings. The maximum atomic E-state index is 9.48. The monoisotopic (exact) mass is 240 g/mol. The molecule has 0 atom stereocenters. The van der Waals surface area contributed by atoms with Crippen molar-refractivity contribution >= 4 is 11.0 Å². The van der Waals surface area contributed by atoms with E-state index >= 15 is 0 Å². The molecule has 0 saturated heterocycles. The zero-order chi connectivity index (χ0) is 12.7. The highest BCUT2D eigenvalue weighted by atomic mass is 16.3. The summed E-state index contributed by atoms with van der Waals surface area (Å²) in [4.78, 5) is 7.66. The lowest BCUT2D eigenvalue weighted by Gasteiger charge is -1.99. The average molecular weight is 240 g/mol. The predicted molar refractivity (Wildman–Crippen MR) is 69.6 cm³/mol. The normalized spacial score (nSPS) is 10.9. The third kappa shape index (κ3) is 1.68. The Hall–Kier alpha value is -2.49. The van der Waals surface area contributed by atoms with Crippen LogP contribution in [0.15, 0.2) is 36.4 Å². The SMILES string of the molecule is Cc1cccc2[nH]c(-c3cc(O)cc(O)c3)nc12. The number of aryl methyl sites for hydroxylation is 1. The van der Waals surface area contributed by atoms with E-state index in [1.54, 1.807) is 12.1 Å². The number of phenols is 2. The molecule has 0 aliphatic carbocycles. The molecule has 0 aliphatic heterocycles. The van der Waals surface area contributed by atoms with Gasteiger partial charge in [-0.2, -0.15) is 0 Å². The van der Waals surface area contributed by atoms with Crippen molar-refractivity contribution in [1.29, 1.82) is 0 Å². The van der Waals surface area contributed by atoms with Crippen LogP contribution in [0.4, 0.5) is 0 Å². The first-order chi connectivity index (χ1) is 8.63. The minimum Gasteiger partial charge on any atom is -0.508 e. The number of para-hydroxylation sites is 1. The highest BCUT2D eigenvalue weighted by molar-refractivity contribution is 5.82. The minimum atomic E-state index is 0.0159. The maximum absolute atomic E-state index is 9.48. The number of fused-ring (bicyclic) bond motifs is 1. The maximum Gasteiger partial charge on any atom is 0.138 e. The fourth-order valence-corrected chi connectivity index (χ4v) is 2.04. The van der Waals surface area contributed by atoms with E-state index in [1.165, 1.54) is 6.07 Å². The van der Waals surface area contributed by atoms with Crippen molar-refractivity contribution in [3.63, 3.8) is 0 Å². The van der Waals surface area contributed by atoms with Crippen LogP contribution in [-0.4, -0.2) is 20.2 Å². The summed E-state index contributed by atoms with van der Waals surface area (Å²) in [5, 5.41) is 19.0. The third-order valence-corrected chi connectivity index (χ3v) is 2.89. The van der Waals surface area contributed by atoms with Crippen molar-refractivity contribution < 1.29 is 10.2 Å². The van der Waals surface area contributed by atoms with Gasteiger partial charge in [-0.3, -0.25) is 0 Å². The Morgan fingerprint density at radius 2 is 1.78 bits per heavy atom. The number of rotatable bonds is 1. The van der Waals surface area contributed by atoms with Gasteiger partial charge in [0.15, 0.2) is 0 Å². The highest BCUT2D eigenvalue weighted by Crippen LogP contribution is 2.28. The summed E-state index contributed by atoms with van der Waals surface area (Å²) in [6.45, 7) is 1.99. The van der Waals surface area contributed by atoms with E-state index in [0.29, 0.717) is 11.4 Å². The number of aromatic amines is 1. The van der Waals surface area contributed by atoms with Crippen LogP contribution in [0.5, 0.6) is 11.5 Å². The van der Waals surface area contributed by atoms with Gasteiger partial charge in [0, 0.05) is 11.6 Å². The Bertz CT molecular complexity index is 711. The number of H-pyrrole nitrogens is 1. The second-order valence-corrected chi connectivity index (χ2v) is 4.29. The van der Waals surface area contributed by atoms with E-state index in [4.69, 9.17) is 0 Å². The topological polar surface area (TPSA) is 69.1 Å². The van der Waals surface area contributed by atoms with Crippen LogP contribution in [0, 0.1) is 6.92 Å². The molecule has 0 spiro atoms. The number of aromatic nitrogens is 2. The molecule has 0 fully saturated rings. The number of phenolic OH excluding ortho intramolecular Hbond substituents is 2. The highest BCUT2D eigenvalue weighted by Gasteiger charge is 2.08. The quantitative estimate of drug-likeness (QED) is 0.612. The second kappa shape index (κ2) is 3.77. The van der Waals surface area contributed by atoms with Gasteiger partial charge in [-0.25, -0.2) is 4.98 Å². The Labute approximate surface area is 104 Å². The van der Waals surface area contributed by atoms with Crippen LogP contribution in [0.25, 0.3) is 22.4 Å². The molecule has 2 aromatic carbocycles. The summed E-state index contributed by atoms with van der Waals surface area (Å²) in [7, 11) is 0. The Kier molecular flexibility index (Phi) is 2.23. The van der Waals surface area contributed by atoms with Crippen molar-refractivity contribution in [2.75, 3.05) is 0 Å². The van der Waals surface area contributed by atoms with Gasteiger partial charge in [-0.15, -0.1) is 0 Å². The Morgan fingerprint density at radius 3 is 2.44 bits per heavy atom. The van der Waals surface area contributed by atoms with Gasteiger partial charge in [0.2, 0.25) is 0 Å². The molecule has 0 unspecified atom stereocenters. The molecule has 3 rings (SSSR count). The number of nitrogens with zero attached hydrogens (tertiary/aromatic N) is 1. The van der Waals surface area contributed by atoms with Gasteiger partial charge < -0.3 is 15.2 Å². The fourth-order valence-electron chi connectivity index (χ4n) is 2.04. The van der Waals surface area contributed by atoms with Crippen LogP contribution in [0.2, 0.25) is 0 Å². The lowest BCUT2D eigenvalue weighted by molar-refractivity contribution is 0.451. The van der Waals surface area contributed by atoms with E-state index in [9.17, 15) is 10.2 Å². The van der Waals surface area contributed by atoms with Crippen LogP contribution < -0.4 is 0 Å². The van der Waals surface area contributed by atoms with Crippen LogP contribution in [-0.2, 0) is 0 Å². The molecule has 1 aromatic heterocycles. The number of hydrogen-bond acceptors (Lipinski definition) is 3. The van der Waals surface area contributed by atoms with E-state index < -0.39 is 0 Å². The van der Waals surface area contributed by atoms with Crippen molar-refractivity contribution in [3.05, 3.63) is 42.0 Å². The molecule has 4 nitrogen and oxygen atoms in total. The molecule has 18 heavy (non-hydrogen) atoms. The van der Waals surface area contributed by atoms with Crippen molar-refractivity contribution in [2.24, 2.45) is 0 Å². The van der Waals surface area contributed by atoms with E-state index in [1.807, 2.05) is 25.1 Å². The first-order valence-electron chi connectivity index (χ1n) is 5.62. The molecule has 1 heterocycles. The summed E-state index contributed by atoms with van der Waals surface area (Å²) in [6.07, 6.45) is 0. The number of imidazole rings is 1. The van der Waals surface area contributed by atoms with E-state index in [0.717, 1.165) is 16.6 Å². The number of hydrogen-bond donors (Lipinski definition) is 3. The Balaban J connectivity index is 2.22. The molecule has 0 amide bonds. The first-order valence-corrected chi connectivity index (χ1v) is 5.62. The van der Waals surface area contributed by atoms with E-state index in [2.05, 4.69) is 9.97 Å². The van der Waals surface area contributed by atoms with Crippen LogP contribution >= 0.6 is 0 Å².